The summed E-state index contributed by atoms with van der Waals surface area (Å²) >= 11 is 0. The molecule has 0 radical (unpaired) electrons. The molecule has 0 aliphatic heterocycles. The van der Waals surface area contributed by atoms with Gasteiger partial charge in [-0.2, -0.15) is 0 Å². The molecule has 1 amide bonds. The Kier molecular flexibility index (Phi) is 5.06. The molecule has 4 heteroatoms. The van der Waals surface area contributed by atoms with E-state index in [9.17, 15) is 4.79 Å². The lowest BCUT2D eigenvalue weighted by atomic mass is 9.96. The van der Waals surface area contributed by atoms with Crippen molar-refractivity contribution in [3.63, 3.8) is 0 Å². The number of nitrogens with one attached hydrogen (secondary N) is 1. The van der Waals surface area contributed by atoms with E-state index in [1.165, 1.54) is 5.56 Å². The second-order valence-electron chi connectivity index (χ2n) is 5.67. The van der Waals surface area contributed by atoms with Gasteiger partial charge in [0.2, 0.25) is 0 Å². The maximum atomic E-state index is 12.3. The minimum absolute atomic E-state index is 0.213. The van der Waals surface area contributed by atoms with Gasteiger partial charge in [0.15, 0.2) is 11.5 Å². The molecule has 0 spiro atoms. The van der Waals surface area contributed by atoms with Gasteiger partial charge in [-0.25, -0.2) is 0 Å². The molecule has 0 saturated carbocycles. The molecule has 0 aliphatic carbocycles. The molecule has 1 N–H and O–H groups in total. The summed E-state index contributed by atoms with van der Waals surface area (Å²) in [7, 11) is 0. The molecule has 2 aromatic carbocycles. The van der Waals surface area contributed by atoms with E-state index in [2.05, 4.69) is 29.5 Å². The van der Waals surface area contributed by atoms with E-state index >= 15 is 0 Å². The zero-order chi connectivity index (χ0) is 16.8. The Bertz CT molecular complexity index is 782. The van der Waals surface area contributed by atoms with Gasteiger partial charge in [-0.1, -0.05) is 72.7 Å². The minimum atomic E-state index is -0.213. The van der Waals surface area contributed by atoms with E-state index in [1.807, 2.05) is 48.5 Å². The van der Waals surface area contributed by atoms with Crippen LogP contribution in [0.1, 0.15) is 35.3 Å². The first-order chi connectivity index (χ1) is 11.8. The third-order valence-corrected chi connectivity index (χ3v) is 4.07. The van der Waals surface area contributed by atoms with E-state index in [0.717, 1.165) is 12.0 Å². The van der Waals surface area contributed by atoms with E-state index in [4.69, 9.17) is 4.52 Å². The van der Waals surface area contributed by atoms with Crippen LogP contribution in [0.15, 0.2) is 71.3 Å². The van der Waals surface area contributed by atoms with E-state index < -0.39 is 0 Å². The van der Waals surface area contributed by atoms with Crippen LogP contribution in [-0.2, 0) is 0 Å². The van der Waals surface area contributed by atoms with Crippen molar-refractivity contribution in [3.8, 4) is 11.3 Å². The molecular weight excluding hydrogens is 300 g/mol. The smallest absolute Gasteiger partial charge is 0.273 e. The van der Waals surface area contributed by atoms with Crippen LogP contribution < -0.4 is 5.32 Å². The van der Waals surface area contributed by atoms with Crippen LogP contribution in [0.3, 0.4) is 0 Å². The largest absolute Gasteiger partial charge is 0.355 e. The maximum absolute atomic E-state index is 12.3. The van der Waals surface area contributed by atoms with Crippen LogP contribution in [0.5, 0.6) is 0 Å². The van der Waals surface area contributed by atoms with Crippen LogP contribution >= 0.6 is 0 Å². The summed E-state index contributed by atoms with van der Waals surface area (Å²) in [6, 6.07) is 21.5. The second kappa shape index (κ2) is 7.59. The van der Waals surface area contributed by atoms with Crippen molar-refractivity contribution in [1.82, 2.24) is 10.5 Å². The maximum Gasteiger partial charge on any atom is 0.273 e. The number of nitrogens with zero attached hydrogens (tertiary/aromatic N) is 1. The highest BCUT2D eigenvalue weighted by atomic mass is 16.5. The molecule has 1 aromatic heterocycles. The van der Waals surface area contributed by atoms with Gasteiger partial charge in [-0.3, -0.25) is 4.79 Å². The van der Waals surface area contributed by atoms with Gasteiger partial charge in [0.25, 0.3) is 5.91 Å². The monoisotopic (exact) mass is 320 g/mol. The third-order valence-electron chi connectivity index (χ3n) is 4.07. The van der Waals surface area contributed by atoms with E-state index in [0.29, 0.717) is 18.0 Å². The van der Waals surface area contributed by atoms with Crippen molar-refractivity contribution in [2.45, 2.75) is 19.3 Å². The van der Waals surface area contributed by atoms with Gasteiger partial charge >= 0.3 is 0 Å². The van der Waals surface area contributed by atoms with Crippen LogP contribution in [-0.4, -0.2) is 17.6 Å². The summed E-state index contributed by atoms with van der Waals surface area (Å²) in [5.41, 5.74) is 2.43. The molecule has 0 fully saturated rings. The van der Waals surface area contributed by atoms with Crippen molar-refractivity contribution < 1.29 is 9.32 Å². The van der Waals surface area contributed by atoms with Crippen LogP contribution in [0.4, 0.5) is 0 Å². The van der Waals surface area contributed by atoms with Gasteiger partial charge in [0, 0.05) is 24.1 Å². The molecule has 1 heterocycles. The molecule has 122 valence electrons. The van der Waals surface area contributed by atoms with Crippen LogP contribution in [0.2, 0.25) is 0 Å². The van der Waals surface area contributed by atoms with Crippen LogP contribution in [0, 0.1) is 0 Å². The van der Waals surface area contributed by atoms with Gasteiger partial charge in [-0.05, 0) is 12.0 Å². The molecule has 4 nitrogen and oxygen atoms in total. The second-order valence-corrected chi connectivity index (χ2v) is 5.67. The molecule has 1 atom stereocenters. The molecule has 0 bridgehead atoms. The zero-order valence-electron chi connectivity index (χ0n) is 13.6. The van der Waals surface area contributed by atoms with Gasteiger partial charge in [0.05, 0.1) is 0 Å². The lowest BCUT2D eigenvalue weighted by molar-refractivity contribution is 0.0942. The fourth-order valence-electron chi connectivity index (χ4n) is 2.65. The summed E-state index contributed by atoms with van der Waals surface area (Å²) in [6.07, 6.45) is 0.957. The fraction of sp³-hybridized carbons (Fsp3) is 0.200. The number of carbonyl (C=O) groups is 1. The number of hydrogen-bond donors (Lipinski definition) is 1. The van der Waals surface area contributed by atoms with Crippen molar-refractivity contribution in [2.75, 3.05) is 6.54 Å². The van der Waals surface area contributed by atoms with E-state index in [1.54, 1.807) is 6.07 Å². The molecule has 0 unspecified atom stereocenters. The Balaban J connectivity index is 1.64. The number of aromatic nitrogens is 1. The average molecular weight is 320 g/mol. The Hall–Kier alpha value is -2.88. The quantitative estimate of drug-likeness (QED) is 0.738. The summed E-state index contributed by atoms with van der Waals surface area (Å²) in [6.45, 7) is 2.69. The molecule has 0 aliphatic rings. The van der Waals surface area contributed by atoms with Crippen LogP contribution in [0.25, 0.3) is 11.3 Å². The number of hydrogen-bond acceptors (Lipinski definition) is 3. The first kappa shape index (κ1) is 16.0. The van der Waals surface area contributed by atoms with Crippen molar-refractivity contribution in [3.05, 3.63) is 78.0 Å². The lowest BCUT2D eigenvalue weighted by Gasteiger charge is -2.15. The molecule has 3 rings (SSSR count). The summed E-state index contributed by atoms with van der Waals surface area (Å²) in [4.78, 5) is 12.3. The third kappa shape index (κ3) is 3.71. The molecule has 24 heavy (non-hydrogen) atoms. The number of benzene rings is 2. The Morgan fingerprint density at radius 2 is 1.75 bits per heavy atom. The molecular formula is C20H20N2O2. The highest BCUT2D eigenvalue weighted by molar-refractivity contribution is 5.93. The van der Waals surface area contributed by atoms with Gasteiger partial charge in [-0.15, -0.1) is 0 Å². The van der Waals surface area contributed by atoms with Gasteiger partial charge in [0.1, 0.15) is 0 Å². The molecule has 0 saturated heterocycles. The molecule has 3 aromatic rings. The lowest BCUT2D eigenvalue weighted by Crippen LogP contribution is -2.28. The number of amides is 1. The fourth-order valence-corrected chi connectivity index (χ4v) is 2.65. The topological polar surface area (TPSA) is 55.1 Å². The normalized spacial score (nSPS) is 11.9. The first-order valence-electron chi connectivity index (χ1n) is 8.13. The van der Waals surface area contributed by atoms with Crippen molar-refractivity contribution in [1.29, 1.82) is 0 Å². The van der Waals surface area contributed by atoms with E-state index in [-0.39, 0.29) is 11.8 Å². The number of rotatable bonds is 6. The predicted molar refractivity (Wildman–Crippen MR) is 93.7 cm³/mol. The Labute approximate surface area is 141 Å². The first-order valence-corrected chi connectivity index (χ1v) is 8.13. The SMILES string of the molecule is CC[C@H](CNC(=O)c1cc(-c2ccccc2)on1)c1ccccc1. The van der Waals surface area contributed by atoms with Gasteiger partial charge < -0.3 is 9.84 Å². The van der Waals surface area contributed by atoms with Crippen molar-refractivity contribution >= 4 is 5.91 Å². The Morgan fingerprint density at radius 1 is 1.08 bits per heavy atom. The predicted octanol–water partition coefficient (Wildman–Crippen LogP) is 4.27. The van der Waals surface area contributed by atoms with Crippen molar-refractivity contribution in [2.24, 2.45) is 0 Å². The Morgan fingerprint density at radius 3 is 2.42 bits per heavy atom. The minimum Gasteiger partial charge on any atom is -0.355 e. The number of carbonyl (C=O) groups excluding carboxylic acids is 1. The highest BCUT2D eigenvalue weighted by Gasteiger charge is 2.16. The average Bonchev–Trinajstić information content (AvgIpc) is 3.14. The summed E-state index contributed by atoms with van der Waals surface area (Å²) in [5.74, 6) is 0.668. The summed E-state index contributed by atoms with van der Waals surface area (Å²) in [5, 5.41) is 6.83. The highest BCUT2D eigenvalue weighted by Crippen LogP contribution is 2.20. The summed E-state index contributed by atoms with van der Waals surface area (Å²) < 4.78 is 5.28. The zero-order valence-corrected chi connectivity index (χ0v) is 13.6. The standard InChI is InChI=1S/C20H20N2O2/c1-2-15(16-9-5-3-6-10-16)14-21-20(23)18-13-19(24-22-18)17-11-7-4-8-12-17/h3-13,15H,2,14H2,1H3,(H,21,23)/t15-/m1/s1.